The molecular formula is C20H20ClFN6O. The van der Waals surface area contributed by atoms with Crippen LogP contribution in [0.5, 0.6) is 0 Å². The molecule has 2 N–H and O–H groups in total. The van der Waals surface area contributed by atoms with Crippen molar-refractivity contribution in [2.75, 3.05) is 18.4 Å². The predicted molar refractivity (Wildman–Crippen MR) is 108 cm³/mol. The van der Waals surface area contributed by atoms with Gasteiger partial charge in [0, 0.05) is 48.4 Å². The molecule has 7 nitrogen and oxygen atoms in total. The third-order valence-corrected chi connectivity index (χ3v) is 5.69. The average Bonchev–Trinajstić information content (AvgIpc) is 3.49. The van der Waals surface area contributed by atoms with E-state index in [0.29, 0.717) is 28.6 Å². The van der Waals surface area contributed by atoms with Crippen LogP contribution in [0.15, 0.2) is 24.7 Å². The molecule has 0 spiro atoms. The Morgan fingerprint density at radius 1 is 1.28 bits per heavy atom. The predicted octanol–water partition coefficient (Wildman–Crippen LogP) is 3.63. The van der Waals surface area contributed by atoms with Crippen molar-refractivity contribution in [3.05, 3.63) is 35.5 Å². The molecule has 0 bridgehead atoms. The molecule has 1 atom stereocenters. The first-order valence-corrected chi connectivity index (χ1v) is 10.2. The number of amides is 1. The average molecular weight is 415 g/mol. The highest BCUT2D eigenvalue weighted by atomic mass is 35.5. The van der Waals surface area contributed by atoms with Crippen LogP contribution in [-0.2, 0) is 4.79 Å². The molecule has 29 heavy (non-hydrogen) atoms. The van der Waals surface area contributed by atoms with E-state index >= 15 is 0 Å². The number of H-pyrrole nitrogens is 1. The second-order valence-corrected chi connectivity index (χ2v) is 8.12. The third-order valence-electron chi connectivity index (χ3n) is 5.48. The number of nitrogens with one attached hydrogen (secondary N) is 2. The summed E-state index contributed by atoms with van der Waals surface area (Å²) >= 11 is 6.06. The van der Waals surface area contributed by atoms with Gasteiger partial charge in [-0.05, 0) is 31.7 Å². The minimum absolute atomic E-state index is 0.0391. The lowest BCUT2D eigenvalue weighted by Gasteiger charge is -2.33. The Labute approximate surface area is 171 Å². The Morgan fingerprint density at radius 2 is 2.14 bits per heavy atom. The van der Waals surface area contributed by atoms with Crippen molar-refractivity contribution in [3.8, 4) is 11.4 Å². The molecular weight excluding hydrogens is 395 g/mol. The number of halogens is 2. The van der Waals surface area contributed by atoms with Crippen LogP contribution >= 0.6 is 11.6 Å². The van der Waals surface area contributed by atoms with Crippen molar-refractivity contribution in [2.24, 2.45) is 5.92 Å². The maximum Gasteiger partial charge on any atom is 0.225 e. The van der Waals surface area contributed by atoms with Gasteiger partial charge in [-0.15, -0.1) is 0 Å². The van der Waals surface area contributed by atoms with Gasteiger partial charge in [-0.2, -0.15) is 0 Å². The van der Waals surface area contributed by atoms with Crippen molar-refractivity contribution < 1.29 is 9.18 Å². The zero-order chi connectivity index (χ0) is 20.0. The van der Waals surface area contributed by atoms with E-state index in [1.165, 1.54) is 0 Å². The lowest BCUT2D eigenvalue weighted by atomic mass is 10.1. The van der Waals surface area contributed by atoms with Crippen LogP contribution in [0.3, 0.4) is 0 Å². The molecule has 0 aromatic carbocycles. The smallest absolute Gasteiger partial charge is 0.225 e. The highest BCUT2D eigenvalue weighted by Gasteiger charge is 2.35. The van der Waals surface area contributed by atoms with Gasteiger partial charge in [0.25, 0.3) is 0 Å². The van der Waals surface area contributed by atoms with Crippen molar-refractivity contribution in [3.63, 3.8) is 0 Å². The summed E-state index contributed by atoms with van der Waals surface area (Å²) in [5.41, 5.74) is 1.36. The van der Waals surface area contributed by atoms with E-state index < -0.39 is 5.82 Å². The number of carbonyl (C=O) groups excluding carboxylic acids is 1. The van der Waals surface area contributed by atoms with Gasteiger partial charge in [-0.3, -0.25) is 4.79 Å². The van der Waals surface area contributed by atoms with Gasteiger partial charge in [-0.25, -0.2) is 19.3 Å². The summed E-state index contributed by atoms with van der Waals surface area (Å²) in [6, 6.07) is 1.74. The molecule has 4 heterocycles. The summed E-state index contributed by atoms with van der Waals surface area (Å²) in [6.07, 6.45) is 8.18. The van der Waals surface area contributed by atoms with E-state index in [2.05, 4.69) is 25.3 Å². The van der Waals surface area contributed by atoms with Crippen LogP contribution in [0.2, 0.25) is 5.02 Å². The molecule has 2 fully saturated rings. The largest absolute Gasteiger partial charge is 0.363 e. The molecule has 5 rings (SSSR count). The Hall–Kier alpha value is -2.74. The molecule has 1 aliphatic heterocycles. The van der Waals surface area contributed by atoms with E-state index in [4.69, 9.17) is 11.6 Å². The van der Waals surface area contributed by atoms with Gasteiger partial charge in [0.15, 0.2) is 17.5 Å². The Kier molecular flexibility index (Phi) is 4.58. The summed E-state index contributed by atoms with van der Waals surface area (Å²) in [4.78, 5) is 30.1. The number of hydrogen-bond donors (Lipinski definition) is 2. The molecule has 9 heteroatoms. The molecule has 1 aliphatic carbocycles. The van der Waals surface area contributed by atoms with E-state index in [0.717, 1.165) is 43.8 Å². The zero-order valence-corrected chi connectivity index (χ0v) is 16.4. The number of pyridine rings is 1. The van der Waals surface area contributed by atoms with Crippen LogP contribution in [0.1, 0.15) is 25.7 Å². The maximum absolute atomic E-state index is 14.4. The van der Waals surface area contributed by atoms with Crippen molar-refractivity contribution in [2.45, 2.75) is 31.7 Å². The fourth-order valence-corrected chi connectivity index (χ4v) is 4.00. The second kappa shape index (κ2) is 7.26. The third kappa shape index (κ3) is 3.64. The number of nitrogens with zero attached hydrogens (tertiary/aromatic N) is 4. The standard InChI is InChI=1S/C20H20ClFN6O/c21-12-6-14-15(8-24-17(14)23-7-12)18-25-9-16(22)19(27-18)26-13-2-1-5-28(10-13)20(29)11-3-4-11/h6-9,11,13H,1-5,10H2,(H,23,24)(H,25,26,27)/t13-/m1/s1. The first-order valence-electron chi connectivity index (χ1n) is 9.79. The lowest BCUT2D eigenvalue weighted by molar-refractivity contribution is -0.133. The highest BCUT2D eigenvalue weighted by Crippen LogP contribution is 2.32. The van der Waals surface area contributed by atoms with Gasteiger partial charge in [0.05, 0.1) is 11.2 Å². The van der Waals surface area contributed by atoms with E-state index in [9.17, 15) is 9.18 Å². The SMILES string of the molecule is O=C(C1CC1)N1CCC[C@@H](Nc2nc(-c3c[nH]c4ncc(Cl)cc34)ncc2F)C1. The van der Waals surface area contributed by atoms with Crippen LogP contribution < -0.4 is 5.32 Å². The van der Waals surface area contributed by atoms with Crippen molar-refractivity contribution in [1.29, 1.82) is 0 Å². The Bertz CT molecular complexity index is 1080. The van der Waals surface area contributed by atoms with Gasteiger partial charge in [0.2, 0.25) is 5.91 Å². The number of piperidine rings is 1. The van der Waals surface area contributed by atoms with E-state index in [-0.39, 0.29) is 23.7 Å². The molecule has 0 unspecified atom stereocenters. The summed E-state index contributed by atoms with van der Waals surface area (Å²) in [7, 11) is 0. The number of hydrogen-bond acceptors (Lipinski definition) is 5. The fourth-order valence-electron chi connectivity index (χ4n) is 3.84. The van der Waals surface area contributed by atoms with E-state index in [1.807, 2.05) is 4.90 Å². The normalized spacial score (nSPS) is 19.5. The van der Waals surface area contributed by atoms with Crippen LogP contribution in [0, 0.1) is 11.7 Å². The molecule has 2 aliphatic rings. The van der Waals surface area contributed by atoms with Crippen LogP contribution in [0.4, 0.5) is 10.2 Å². The number of rotatable bonds is 4. The van der Waals surface area contributed by atoms with Crippen molar-refractivity contribution in [1.82, 2.24) is 24.8 Å². The van der Waals surface area contributed by atoms with Crippen LogP contribution in [-0.4, -0.2) is 49.9 Å². The highest BCUT2D eigenvalue weighted by molar-refractivity contribution is 6.31. The molecule has 0 radical (unpaired) electrons. The number of aromatic nitrogens is 4. The lowest BCUT2D eigenvalue weighted by Crippen LogP contribution is -2.45. The zero-order valence-electron chi connectivity index (χ0n) is 15.7. The van der Waals surface area contributed by atoms with E-state index in [1.54, 1.807) is 18.5 Å². The summed E-state index contributed by atoms with van der Waals surface area (Å²) in [5.74, 6) is 0.424. The minimum atomic E-state index is -0.518. The molecule has 1 saturated carbocycles. The van der Waals surface area contributed by atoms with Gasteiger partial charge < -0.3 is 15.2 Å². The molecule has 3 aromatic heterocycles. The summed E-state index contributed by atoms with van der Waals surface area (Å²) in [5, 5.41) is 4.46. The first-order chi connectivity index (χ1) is 14.1. The number of anilines is 1. The van der Waals surface area contributed by atoms with Gasteiger partial charge in [-0.1, -0.05) is 11.6 Å². The number of carbonyl (C=O) groups is 1. The number of fused-ring (bicyclic) bond motifs is 1. The summed E-state index contributed by atoms with van der Waals surface area (Å²) in [6.45, 7) is 1.34. The Balaban J connectivity index is 1.39. The minimum Gasteiger partial charge on any atom is -0.363 e. The molecule has 150 valence electrons. The topological polar surface area (TPSA) is 86.8 Å². The molecule has 3 aromatic rings. The Morgan fingerprint density at radius 3 is 2.97 bits per heavy atom. The van der Waals surface area contributed by atoms with Crippen LogP contribution in [0.25, 0.3) is 22.4 Å². The second-order valence-electron chi connectivity index (χ2n) is 7.68. The number of likely N-dealkylation sites (tertiary alicyclic amines) is 1. The number of aromatic amines is 1. The summed E-state index contributed by atoms with van der Waals surface area (Å²) < 4.78 is 14.4. The monoisotopic (exact) mass is 414 g/mol. The first kappa shape index (κ1) is 18.3. The molecule has 1 amide bonds. The quantitative estimate of drug-likeness (QED) is 0.680. The molecule has 1 saturated heterocycles. The van der Waals surface area contributed by atoms with Gasteiger partial charge in [0.1, 0.15) is 5.65 Å². The maximum atomic E-state index is 14.4. The fraction of sp³-hybridized carbons (Fsp3) is 0.400. The van der Waals surface area contributed by atoms with Gasteiger partial charge >= 0.3 is 0 Å². The van der Waals surface area contributed by atoms with Crippen molar-refractivity contribution >= 4 is 34.4 Å².